The van der Waals surface area contributed by atoms with Crippen LogP contribution in [0.3, 0.4) is 0 Å². The zero-order valence-electron chi connectivity index (χ0n) is 16.3. The Balaban J connectivity index is 1.19. The van der Waals surface area contributed by atoms with Gasteiger partial charge in [-0.15, -0.1) is 0 Å². The fourth-order valence-corrected chi connectivity index (χ4v) is 5.04. The van der Waals surface area contributed by atoms with Crippen LogP contribution in [0.4, 0.5) is 8.78 Å². The standard InChI is InChI=1S/C22H32F2N2O/c23-20-4-3-19(15-21(20)24)17-25-10-5-18(6-11-25)16-26-12-8-22(9-13-26)7-1-2-14-27-22/h3-4,15,18H,1-2,5-14,16-17H2. The van der Waals surface area contributed by atoms with Crippen LogP contribution < -0.4 is 0 Å². The van der Waals surface area contributed by atoms with E-state index < -0.39 is 11.6 Å². The van der Waals surface area contributed by atoms with Crippen LogP contribution in [0.15, 0.2) is 18.2 Å². The van der Waals surface area contributed by atoms with Gasteiger partial charge in [0.15, 0.2) is 11.6 Å². The first-order valence-electron chi connectivity index (χ1n) is 10.6. The number of benzene rings is 1. The van der Waals surface area contributed by atoms with Crippen LogP contribution in [0.2, 0.25) is 0 Å². The Labute approximate surface area is 161 Å². The zero-order valence-corrected chi connectivity index (χ0v) is 16.3. The normalized spacial score (nSPS) is 25.1. The SMILES string of the molecule is Fc1ccc(CN2CCC(CN3CCC4(CCCCO4)CC3)CC2)cc1F. The summed E-state index contributed by atoms with van der Waals surface area (Å²) in [5, 5.41) is 0. The lowest BCUT2D eigenvalue weighted by Gasteiger charge is -2.45. The van der Waals surface area contributed by atoms with Gasteiger partial charge in [0.05, 0.1) is 5.60 Å². The molecular weight excluding hydrogens is 346 g/mol. The van der Waals surface area contributed by atoms with Crippen molar-refractivity contribution in [2.24, 2.45) is 5.92 Å². The zero-order chi connectivity index (χ0) is 18.7. The molecule has 1 aromatic carbocycles. The number of nitrogens with zero attached hydrogens (tertiary/aromatic N) is 2. The molecule has 3 aliphatic rings. The van der Waals surface area contributed by atoms with Crippen LogP contribution in [-0.2, 0) is 11.3 Å². The molecule has 0 radical (unpaired) electrons. The third kappa shape index (κ3) is 4.87. The van der Waals surface area contributed by atoms with E-state index in [1.165, 1.54) is 76.7 Å². The molecule has 0 N–H and O–H groups in total. The maximum Gasteiger partial charge on any atom is 0.159 e. The monoisotopic (exact) mass is 378 g/mol. The van der Waals surface area contributed by atoms with E-state index >= 15 is 0 Å². The van der Waals surface area contributed by atoms with Crippen molar-refractivity contribution in [3.63, 3.8) is 0 Å². The van der Waals surface area contributed by atoms with Gasteiger partial charge in [-0.2, -0.15) is 0 Å². The Morgan fingerprint density at radius 3 is 2.37 bits per heavy atom. The summed E-state index contributed by atoms with van der Waals surface area (Å²) < 4.78 is 32.6. The van der Waals surface area contributed by atoms with Crippen LogP contribution in [-0.4, -0.2) is 54.7 Å². The fourth-order valence-electron chi connectivity index (χ4n) is 5.04. The number of hydrogen-bond acceptors (Lipinski definition) is 3. The molecule has 5 heteroatoms. The highest BCUT2D eigenvalue weighted by Gasteiger charge is 2.37. The van der Waals surface area contributed by atoms with Gasteiger partial charge in [0.2, 0.25) is 0 Å². The predicted molar refractivity (Wildman–Crippen MR) is 103 cm³/mol. The minimum Gasteiger partial charge on any atom is -0.375 e. The Hall–Kier alpha value is -1.04. The molecule has 0 atom stereocenters. The average Bonchev–Trinajstić information content (AvgIpc) is 2.69. The van der Waals surface area contributed by atoms with Crippen molar-refractivity contribution in [1.29, 1.82) is 0 Å². The Bertz CT molecular complexity index is 615. The minimum atomic E-state index is -0.764. The highest BCUT2D eigenvalue weighted by Crippen LogP contribution is 2.35. The second kappa shape index (κ2) is 8.54. The molecule has 3 saturated heterocycles. The molecule has 3 aliphatic heterocycles. The largest absolute Gasteiger partial charge is 0.375 e. The van der Waals surface area contributed by atoms with Gasteiger partial charge in [-0.25, -0.2) is 8.78 Å². The lowest BCUT2D eigenvalue weighted by Crippen LogP contribution is -2.49. The minimum absolute atomic E-state index is 0.197. The van der Waals surface area contributed by atoms with Crippen LogP contribution in [0.1, 0.15) is 50.5 Å². The van der Waals surface area contributed by atoms with Gasteiger partial charge in [-0.3, -0.25) is 4.90 Å². The number of likely N-dealkylation sites (tertiary alicyclic amines) is 2. The summed E-state index contributed by atoms with van der Waals surface area (Å²) in [6, 6.07) is 4.26. The van der Waals surface area contributed by atoms with E-state index in [0.29, 0.717) is 6.54 Å². The predicted octanol–water partition coefficient (Wildman–Crippen LogP) is 4.21. The topological polar surface area (TPSA) is 15.7 Å². The van der Waals surface area contributed by atoms with E-state index in [4.69, 9.17) is 4.74 Å². The average molecular weight is 379 g/mol. The highest BCUT2D eigenvalue weighted by atomic mass is 19.2. The van der Waals surface area contributed by atoms with E-state index in [0.717, 1.165) is 31.2 Å². The lowest BCUT2D eigenvalue weighted by atomic mass is 9.84. The van der Waals surface area contributed by atoms with Crippen molar-refractivity contribution in [2.45, 2.75) is 57.1 Å². The quantitative estimate of drug-likeness (QED) is 0.781. The second-order valence-corrected chi connectivity index (χ2v) is 8.76. The molecule has 1 spiro atoms. The first-order valence-corrected chi connectivity index (χ1v) is 10.6. The van der Waals surface area contributed by atoms with Crippen LogP contribution >= 0.6 is 0 Å². The lowest BCUT2D eigenvalue weighted by molar-refractivity contribution is -0.112. The first kappa shape index (κ1) is 19.3. The second-order valence-electron chi connectivity index (χ2n) is 8.76. The molecule has 0 saturated carbocycles. The van der Waals surface area contributed by atoms with Crippen LogP contribution in [0.5, 0.6) is 0 Å². The van der Waals surface area contributed by atoms with Crippen LogP contribution in [0, 0.1) is 17.6 Å². The van der Waals surface area contributed by atoms with E-state index in [-0.39, 0.29) is 5.60 Å². The summed E-state index contributed by atoms with van der Waals surface area (Å²) >= 11 is 0. The summed E-state index contributed by atoms with van der Waals surface area (Å²) in [5.41, 5.74) is 1.06. The molecule has 3 fully saturated rings. The van der Waals surface area contributed by atoms with Gasteiger partial charge in [0.1, 0.15) is 0 Å². The van der Waals surface area contributed by atoms with Gasteiger partial charge < -0.3 is 9.64 Å². The molecule has 0 bridgehead atoms. The van der Waals surface area contributed by atoms with E-state index in [2.05, 4.69) is 9.80 Å². The van der Waals surface area contributed by atoms with E-state index in [1.54, 1.807) is 6.07 Å². The van der Waals surface area contributed by atoms with Gasteiger partial charge in [0, 0.05) is 32.8 Å². The molecule has 27 heavy (non-hydrogen) atoms. The van der Waals surface area contributed by atoms with Crippen molar-refractivity contribution in [3.8, 4) is 0 Å². The molecule has 3 nitrogen and oxygen atoms in total. The Morgan fingerprint density at radius 2 is 1.70 bits per heavy atom. The molecule has 1 aromatic rings. The Kier molecular flexibility index (Phi) is 6.10. The van der Waals surface area contributed by atoms with Crippen molar-refractivity contribution in [2.75, 3.05) is 39.3 Å². The Morgan fingerprint density at radius 1 is 0.926 bits per heavy atom. The third-order valence-electron chi connectivity index (χ3n) is 6.82. The van der Waals surface area contributed by atoms with Gasteiger partial charge in [-0.05, 0) is 81.6 Å². The maximum absolute atomic E-state index is 13.4. The molecule has 3 heterocycles. The number of ether oxygens (including phenoxy) is 1. The number of hydrogen-bond donors (Lipinski definition) is 0. The summed E-state index contributed by atoms with van der Waals surface area (Å²) in [5.74, 6) is -0.751. The summed E-state index contributed by atoms with van der Waals surface area (Å²) in [6.45, 7) is 7.32. The molecular formula is C22H32F2N2O. The summed E-state index contributed by atoms with van der Waals surface area (Å²) in [4.78, 5) is 5.00. The van der Waals surface area contributed by atoms with E-state index in [1.807, 2.05) is 0 Å². The maximum atomic E-state index is 13.4. The highest BCUT2D eigenvalue weighted by molar-refractivity contribution is 5.17. The smallest absolute Gasteiger partial charge is 0.159 e. The number of halogens is 2. The van der Waals surface area contributed by atoms with Crippen molar-refractivity contribution < 1.29 is 13.5 Å². The summed E-state index contributed by atoms with van der Waals surface area (Å²) in [6.07, 6.45) is 8.60. The van der Waals surface area contributed by atoms with Crippen molar-refractivity contribution in [3.05, 3.63) is 35.4 Å². The van der Waals surface area contributed by atoms with Gasteiger partial charge >= 0.3 is 0 Å². The van der Waals surface area contributed by atoms with Gasteiger partial charge in [-0.1, -0.05) is 6.07 Å². The molecule has 150 valence electrons. The van der Waals surface area contributed by atoms with Crippen LogP contribution in [0.25, 0.3) is 0 Å². The molecule has 0 amide bonds. The fraction of sp³-hybridized carbons (Fsp3) is 0.727. The third-order valence-corrected chi connectivity index (χ3v) is 6.82. The summed E-state index contributed by atoms with van der Waals surface area (Å²) in [7, 11) is 0. The van der Waals surface area contributed by atoms with Crippen molar-refractivity contribution in [1.82, 2.24) is 9.80 Å². The molecule has 0 unspecified atom stereocenters. The number of rotatable bonds is 4. The first-order chi connectivity index (χ1) is 13.1. The molecule has 0 aliphatic carbocycles. The van der Waals surface area contributed by atoms with E-state index in [9.17, 15) is 8.78 Å². The van der Waals surface area contributed by atoms with Crippen molar-refractivity contribution >= 4 is 0 Å². The molecule has 4 rings (SSSR count). The molecule has 0 aromatic heterocycles. The van der Waals surface area contributed by atoms with Gasteiger partial charge in [0.25, 0.3) is 0 Å². The number of piperidine rings is 2.